The van der Waals surface area contributed by atoms with Crippen LogP contribution in [0.4, 0.5) is 5.69 Å². The summed E-state index contributed by atoms with van der Waals surface area (Å²) in [5.74, 6) is 0. The number of hydrogen-bond donors (Lipinski definition) is 1. The molecule has 0 aliphatic heterocycles. The molecule has 0 radical (unpaired) electrons. The Kier molecular flexibility index (Phi) is 3.19. The van der Waals surface area contributed by atoms with Gasteiger partial charge in [-0.2, -0.15) is 5.10 Å². The van der Waals surface area contributed by atoms with Crippen LogP contribution in [0.15, 0.2) is 54.9 Å². The number of rotatable bonds is 4. The maximum absolute atomic E-state index is 4.25. The van der Waals surface area contributed by atoms with Crippen LogP contribution in [-0.2, 0) is 13.1 Å². The molecule has 0 fully saturated rings. The van der Waals surface area contributed by atoms with Crippen LogP contribution >= 0.6 is 0 Å². The minimum atomic E-state index is 0.820. The summed E-state index contributed by atoms with van der Waals surface area (Å²) in [5, 5.41) is 10.2. The summed E-state index contributed by atoms with van der Waals surface area (Å²) in [7, 11) is 0. The average Bonchev–Trinajstić information content (AvgIpc) is 2.93. The Morgan fingerprint density at radius 1 is 1.11 bits per heavy atom. The Morgan fingerprint density at radius 2 is 1.95 bits per heavy atom. The summed E-state index contributed by atoms with van der Waals surface area (Å²) in [6, 6.07) is 15.0. The van der Waals surface area contributed by atoms with Gasteiger partial charge in [-0.25, -0.2) is 0 Å². The van der Waals surface area contributed by atoms with Crippen LogP contribution in [0.25, 0.3) is 10.8 Å². The summed E-state index contributed by atoms with van der Waals surface area (Å²) in [5.41, 5.74) is 2.35. The normalized spacial score (nSPS) is 10.8. The van der Waals surface area contributed by atoms with Crippen LogP contribution < -0.4 is 5.32 Å². The van der Waals surface area contributed by atoms with Gasteiger partial charge >= 0.3 is 0 Å². The largest absolute Gasteiger partial charge is 0.378 e. The topological polar surface area (TPSA) is 29.9 Å². The Balaban J connectivity index is 1.74. The van der Waals surface area contributed by atoms with Crippen molar-refractivity contribution in [2.45, 2.75) is 20.0 Å². The standard InChI is InChI=1S/C16H17N3/c1-2-19-12-16(11-18-19)17-10-13-7-8-14-5-3-4-6-15(14)9-13/h3-9,11-12,17H,2,10H2,1H3. The van der Waals surface area contributed by atoms with E-state index in [1.54, 1.807) is 0 Å². The average molecular weight is 251 g/mol. The Labute approximate surface area is 112 Å². The first-order valence-electron chi connectivity index (χ1n) is 6.59. The van der Waals surface area contributed by atoms with Gasteiger partial charge in [-0.05, 0) is 29.3 Å². The van der Waals surface area contributed by atoms with Crippen molar-refractivity contribution in [3.05, 3.63) is 60.4 Å². The predicted molar refractivity (Wildman–Crippen MR) is 79.2 cm³/mol. The summed E-state index contributed by atoms with van der Waals surface area (Å²) in [6.45, 7) is 3.80. The van der Waals surface area contributed by atoms with E-state index in [-0.39, 0.29) is 0 Å². The molecule has 0 aliphatic carbocycles. The number of benzene rings is 2. The van der Waals surface area contributed by atoms with Gasteiger partial charge in [0.1, 0.15) is 0 Å². The Morgan fingerprint density at radius 3 is 2.74 bits per heavy atom. The number of nitrogens with one attached hydrogen (secondary N) is 1. The molecule has 0 saturated carbocycles. The zero-order chi connectivity index (χ0) is 13.1. The molecule has 1 heterocycles. The number of anilines is 1. The number of nitrogens with zero attached hydrogens (tertiary/aromatic N) is 2. The summed E-state index contributed by atoms with van der Waals surface area (Å²) < 4.78 is 1.92. The van der Waals surface area contributed by atoms with Gasteiger partial charge in [0.2, 0.25) is 0 Å². The van der Waals surface area contributed by atoms with E-state index >= 15 is 0 Å². The zero-order valence-electron chi connectivity index (χ0n) is 11.0. The molecular formula is C16H17N3. The molecule has 0 spiro atoms. The molecule has 3 rings (SSSR count). The highest BCUT2D eigenvalue weighted by Crippen LogP contribution is 2.16. The molecule has 0 saturated heterocycles. The lowest BCUT2D eigenvalue weighted by atomic mass is 10.1. The van der Waals surface area contributed by atoms with Gasteiger partial charge in [-0.1, -0.05) is 36.4 Å². The monoisotopic (exact) mass is 251 g/mol. The third kappa shape index (κ3) is 2.60. The molecule has 0 amide bonds. The van der Waals surface area contributed by atoms with Gasteiger partial charge in [0.05, 0.1) is 11.9 Å². The fourth-order valence-corrected chi connectivity index (χ4v) is 2.18. The zero-order valence-corrected chi connectivity index (χ0v) is 11.0. The molecule has 19 heavy (non-hydrogen) atoms. The molecule has 0 atom stereocenters. The van der Waals surface area contributed by atoms with Crippen LogP contribution in [0.1, 0.15) is 12.5 Å². The lowest BCUT2D eigenvalue weighted by Crippen LogP contribution is -1.98. The van der Waals surface area contributed by atoms with E-state index in [2.05, 4.69) is 59.8 Å². The molecule has 0 bridgehead atoms. The van der Waals surface area contributed by atoms with E-state index in [9.17, 15) is 0 Å². The van der Waals surface area contributed by atoms with Gasteiger partial charge in [0, 0.05) is 19.3 Å². The Bertz CT molecular complexity index is 685. The van der Waals surface area contributed by atoms with Crippen molar-refractivity contribution < 1.29 is 0 Å². The maximum Gasteiger partial charge on any atom is 0.0729 e. The molecule has 0 aliphatic rings. The van der Waals surface area contributed by atoms with Crippen molar-refractivity contribution in [2.75, 3.05) is 5.32 Å². The molecular weight excluding hydrogens is 234 g/mol. The molecule has 3 heteroatoms. The smallest absolute Gasteiger partial charge is 0.0729 e. The second-order valence-corrected chi connectivity index (χ2v) is 4.62. The first-order valence-corrected chi connectivity index (χ1v) is 6.59. The quantitative estimate of drug-likeness (QED) is 0.766. The second kappa shape index (κ2) is 5.14. The van der Waals surface area contributed by atoms with Gasteiger partial charge < -0.3 is 5.32 Å². The summed E-state index contributed by atoms with van der Waals surface area (Å²) >= 11 is 0. The van der Waals surface area contributed by atoms with Crippen LogP contribution in [0, 0.1) is 0 Å². The Hall–Kier alpha value is -2.29. The maximum atomic E-state index is 4.25. The second-order valence-electron chi connectivity index (χ2n) is 4.62. The fraction of sp³-hybridized carbons (Fsp3) is 0.188. The number of hydrogen-bond acceptors (Lipinski definition) is 2. The number of aromatic nitrogens is 2. The van der Waals surface area contributed by atoms with Gasteiger partial charge in [0.15, 0.2) is 0 Å². The summed E-state index contributed by atoms with van der Waals surface area (Å²) in [4.78, 5) is 0. The minimum Gasteiger partial charge on any atom is -0.378 e. The van der Waals surface area contributed by atoms with Crippen molar-refractivity contribution in [2.24, 2.45) is 0 Å². The SMILES string of the molecule is CCn1cc(NCc2ccc3ccccc3c2)cn1. The van der Waals surface area contributed by atoms with E-state index < -0.39 is 0 Å². The number of aryl methyl sites for hydroxylation is 1. The van der Waals surface area contributed by atoms with Crippen LogP contribution in [0.2, 0.25) is 0 Å². The van der Waals surface area contributed by atoms with Gasteiger partial charge in [-0.3, -0.25) is 4.68 Å². The van der Waals surface area contributed by atoms with E-state index in [0.717, 1.165) is 18.8 Å². The van der Waals surface area contributed by atoms with Gasteiger partial charge in [-0.15, -0.1) is 0 Å². The van der Waals surface area contributed by atoms with Crippen molar-refractivity contribution in [3.63, 3.8) is 0 Å². The lowest BCUT2D eigenvalue weighted by molar-refractivity contribution is 0.660. The molecule has 96 valence electrons. The van der Waals surface area contributed by atoms with Crippen molar-refractivity contribution >= 4 is 16.5 Å². The van der Waals surface area contributed by atoms with Crippen LogP contribution in [-0.4, -0.2) is 9.78 Å². The van der Waals surface area contributed by atoms with E-state index in [1.165, 1.54) is 16.3 Å². The molecule has 2 aromatic carbocycles. The van der Waals surface area contributed by atoms with E-state index in [0.29, 0.717) is 0 Å². The van der Waals surface area contributed by atoms with Crippen molar-refractivity contribution in [1.82, 2.24) is 9.78 Å². The van der Waals surface area contributed by atoms with E-state index in [4.69, 9.17) is 0 Å². The molecule has 1 aromatic heterocycles. The van der Waals surface area contributed by atoms with Crippen LogP contribution in [0.5, 0.6) is 0 Å². The highest BCUT2D eigenvalue weighted by atomic mass is 15.3. The number of fused-ring (bicyclic) bond motifs is 1. The van der Waals surface area contributed by atoms with E-state index in [1.807, 2.05) is 17.1 Å². The molecule has 0 unspecified atom stereocenters. The highest BCUT2D eigenvalue weighted by molar-refractivity contribution is 5.83. The summed E-state index contributed by atoms with van der Waals surface area (Å²) in [6.07, 6.45) is 3.89. The van der Waals surface area contributed by atoms with Crippen LogP contribution in [0.3, 0.4) is 0 Å². The third-order valence-electron chi connectivity index (χ3n) is 3.27. The first kappa shape index (κ1) is 11.8. The highest BCUT2D eigenvalue weighted by Gasteiger charge is 1.99. The molecule has 3 aromatic rings. The minimum absolute atomic E-state index is 0.820. The first-order chi connectivity index (χ1) is 9.35. The van der Waals surface area contributed by atoms with Crippen molar-refractivity contribution in [1.29, 1.82) is 0 Å². The molecule has 1 N–H and O–H groups in total. The molecule has 3 nitrogen and oxygen atoms in total. The third-order valence-corrected chi connectivity index (χ3v) is 3.27. The van der Waals surface area contributed by atoms with Crippen molar-refractivity contribution in [3.8, 4) is 0 Å². The predicted octanol–water partition coefficient (Wildman–Crippen LogP) is 3.67. The lowest BCUT2D eigenvalue weighted by Gasteiger charge is -2.05. The fourth-order valence-electron chi connectivity index (χ4n) is 2.18. The van der Waals surface area contributed by atoms with Gasteiger partial charge in [0.25, 0.3) is 0 Å².